The largest absolute Gasteiger partial charge is 0.495 e. The highest BCUT2D eigenvalue weighted by molar-refractivity contribution is 6.32. The van der Waals surface area contributed by atoms with Crippen molar-refractivity contribution in [2.75, 3.05) is 12.8 Å². The molecule has 1 aromatic carbocycles. The lowest BCUT2D eigenvalue weighted by atomic mass is 10.2. The van der Waals surface area contributed by atoms with E-state index in [-0.39, 0.29) is 0 Å². The Bertz CT molecular complexity index is 496. The minimum atomic E-state index is 0.493. The summed E-state index contributed by atoms with van der Waals surface area (Å²) in [5.41, 5.74) is 6.73. The average Bonchev–Trinajstić information content (AvgIpc) is 2.65. The van der Waals surface area contributed by atoms with Crippen molar-refractivity contribution >= 4 is 17.5 Å². The summed E-state index contributed by atoms with van der Waals surface area (Å²) in [6, 6.07) is 5.65. The molecule has 84 valence electrons. The predicted molar refractivity (Wildman–Crippen MR) is 63.7 cm³/mol. The van der Waals surface area contributed by atoms with Gasteiger partial charge < -0.3 is 15.0 Å². The first-order valence-electron chi connectivity index (χ1n) is 4.79. The van der Waals surface area contributed by atoms with Gasteiger partial charge in [0.1, 0.15) is 5.75 Å². The monoisotopic (exact) mass is 237 g/mol. The number of ether oxygens (including phenoxy) is 1. The molecule has 5 heteroatoms. The second-order valence-corrected chi connectivity index (χ2v) is 3.79. The number of imidazole rings is 1. The van der Waals surface area contributed by atoms with Crippen molar-refractivity contribution in [2.45, 2.75) is 6.54 Å². The number of methoxy groups -OCH3 is 1. The van der Waals surface area contributed by atoms with E-state index in [0.717, 1.165) is 5.56 Å². The van der Waals surface area contributed by atoms with Crippen molar-refractivity contribution < 1.29 is 4.74 Å². The lowest BCUT2D eigenvalue weighted by Gasteiger charge is -2.07. The molecule has 2 N–H and O–H groups in total. The molecule has 0 spiro atoms. The standard InChI is InChI=1S/C11H12ClN3O/c1-16-10-3-2-8(6-9(10)12)7-15-5-4-14-11(15)13/h2-6H,7H2,1H3,(H2,13,14). The van der Waals surface area contributed by atoms with Gasteiger partial charge in [-0.2, -0.15) is 0 Å². The summed E-state index contributed by atoms with van der Waals surface area (Å²) in [5, 5.41) is 0.596. The summed E-state index contributed by atoms with van der Waals surface area (Å²) in [7, 11) is 1.59. The van der Waals surface area contributed by atoms with Gasteiger partial charge in [-0.15, -0.1) is 0 Å². The zero-order valence-corrected chi connectivity index (χ0v) is 9.61. The van der Waals surface area contributed by atoms with Crippen molar-refractivity contribution in [3.05, 3.63) is 41.2 Å². The van der Waals surface area contributed by atoms with Crippen molar-refractivity contribution in [1.29, 1.82) is 0 Å². The fourth-order valence-corrected chi connectivity index (χ4v) is 1.76. The van der Waals surface area contributed by atoms with Crippen LogP contribution in [-0.4, -0.2) is 16.7 Å². The zero-order chi connectivity index (χ0) is 11.5. The lowest BCUT2D eigenvalue weighted by Crippen LogP contribution is -2.03. The Morgan fingerprint density at radius 2 is 2.31 bits per heavy atom. The maximum Gasteiger partial charge on any atom is 0.200 e. The van der Waals surface area contributed by atoms with Gasteiger partial charge in [0.2, 0.25) is 0 Å². The second-order valence-electron chi connectivity index (χ2n) is 3.38. The third-order valence-corrected chi connectivity index (χ3v) is 2.61. The molecule has 0 aliphatic rings. The fourth-order valence-electron chi connectivity index (χ4n) is 1.48. The summed E-state index contributed by atoms with van der Waals surface area (Å²) in [6.07, 6.45) is 3.49. The molecule has 2 rings (SSSR count). The topological polar surface area (TPSA) is 53.1 Å². The van der Waals surface area contributed by atoms with Crippen LogP contribution in [0.1, 0.15) is 5.56 Å². The van der Waals surface area contributed by atoms with Crippen LogP contribution in [0.5, 0.6) is 5.75 Å². The summed E-state index contributed by atoms with van der Waals surface area (Å²) < 4.78 is 6.93. The van der Waals surface area contributed by atoms with Crippen molar-refractivity contribution in [3.8, 4) is 5.75 Å². The highest BCUT2D eigenvalue weighted by atomic mass is 35.5. The number of anilines is 1. The second kappa shape index (κ2) is 4.45. The quantitative estimate of drug-likeness (QED) is 0.890. The van der Waals surface area contributed by atoms with Gasteiger partial charge in [0, 0.05) is 12.4 Å². The smallest absolute Gasteiger partial charge is 0.200 e. The SMILES string of the molecule is COc1ccc(Cn2ccnc2N)cc1Cl. The number of benzene rings is 1. The third kappa shape index (κ3) is 2.12. The maximum absolute atomic E-state index is 6.03. The van der Waals surface area contributed by atoms with Crippen LogP contribution in [0.3, 0.4) is 0 Å². The molecular weight excluding hydrogens is 226 g/mol. The minimum absolute atomic E-state index is 0.493. The van der Waals surface area contributed by atoms with Crippen molar-refractivity contribution in [2.24, 2.45) is 0 Å². The summed E-state index contributed by atoms with van der Waals surface area (Å²) in [5.74, 6) is 1.16. The molecule has 1 heterocycles. The van der Waals surface area contributed by atoms with E-state index in [0.29, 0.717) is 23.3 Å². The first kappa shape index (κ1) is 10.8. The van der Waals surface area contributed by atoms with Gasteiger partial charge in [-0.05, 0) is 17.7 Å². The molecule has 0 fully saturated rings. The van der Waals surface area contributed by atoms with E-state index >= 15 is 0 Å². The number of hydrogen-bond acceptors (Lipinski definition) is 3. The number of nitrogens with two attached hydrogens (primary N) is 1. The Hall–Kier alpha value is -1.68. The molecule has 0 saturated carbocycles. The molecule has 1 aromatic heterocycles. The van der Waals surface area contributed by atoms with E-state index in [1.165, 1.54) is 0 Å². The summed E-state index contributed by atoms with van der Waals surface area (Å²) in [6.45, 7) is 0.648. The number of halogens is 1. The van der Waals surface area contributed by atoms with Gasteiger partial charge >= 0.3 is 0 Å². The van der Waals surface area contributed by atoms with E-state index in [1.54, 1.807) is 13.3 Å². The molecular formula is C11H12ClN3O. The van der Waals surface area contributed by atoms with E-state index in [4.69, 9.17) is 22.1 Å². The van der Waals surface area contributed by atoms with Crippen LogP contribution in [0.4, 0.5) is 5.95 Å². The fraction of sp³-hybridized carbons (Fsp3) is 0.182. The maximum atomic E-state index is 6.03. The van der Waals surface area contributed by atoms with Crippen molar-refractivity contribution in [1.82, 2.24) is 9.55 Å². The van der Waals surface area contributed by atoms with Gasteiger partial charge in [-0.25, -0.2) is 4.98 Å². The Morgan fingerprint density at radius 3 is 2.88 bits per heavy atom. The van der Waals surface area contributed by atoms with Crippen LogP contribution in [0, 0.1) is 0 Å². The van der Waals surface area contributed by atoms with E-state index < -0.39 is 0 Å². The Kier molecular flexibility index (Phi) is 3.01. The average molecular weight is 238 g/mol. The Morgan fingerprint density at radius 1 is 1.50 bits per heavy atom. The zero-order valence-electron chi connectivity index (χ0n) is 8.85. The molecule has 0 aliphatic carbocycles. The number of rotatable bonds is 3. The van der Waals surface area contributed by atoms with E-state index in [2.05, 4.69) is 4.98 Å². The molecule has 0 atom stereocenters. The van der Waals surface area contributed by atoms with Crippen LogP contribution in [-0.2, 0) is 6.54 Å². The number of aromatic nitrogens is 2. The first-order valence-corrected chi connectivity index (χ1v) is 5.17. The summed E-state index contributed by atoms with van der Waals surface area (Å²) >= 11 is 6.03. The Balaban J connectivity index is 2.23. The third-order valence-electron chi connectivity index (χ3n) is 2.32. The van der Waals surface area contributed by atoms with Gasteiger partial charge in [0.25, 0.3) is 0 Å². The first-order chi connectivity index (χ1) is 7.70. The molecule has 0 bridgehead atoms. The minimum Gasteiger partial charge on any atom is -0.495 e. The molecule has 4 nitrogen and oxygen atoms in total. The van der Waals surface area contributed by atoms with E-state index in [1.807, 2.05) is 29.0 Å². The van der Waals surface area contributed by atoms with Crippen LogP contribution in [0.2, 0.25) is 5.02 Å². The van der Waals surface area contributed by atoms with Crippen LogP contribution in [0.15, 0.2) is 30.6 Å². The predicted octanol–water partition coefficient (Wildman–Crippen LogP) is 2.18. The molecule has 0 radical (unpaired) electrons. The normalized spacial score (nSPS) is 10.4. The van der Waals surface area contributed by atoms with E-state index in [9.17, 15) is 0 Å². The number of hydrogen-bond donors (Lipinski definition) is 1. The van der Waals surface area contributed by atoms with Gasteiger partial charge in [0.05, 0.1) is 18.7 Å². The highest BCUT2D eigenvalue weighted by Gasteiger charge is 2.03. The number of nitrogen functional groups attached to an aromatic ring is 1. The number of nitrogens with zero attached hydrogens (tertiary/aromatic N) is 2. The van der Waals surface area contributed by atoms with Gasteiger partial charge in [-0.1, -0.05) is 17.7 Å². The Labute approximate surface area is 98.6 Å². The molecule has 2 aromatic rings. The molecule has 0 unspecified atom stereocenters. The van der Waals surface area contributed by atoms with Crippen molar-refractivity contribution in [3.63, 3.8) is 0 Å². The molecule has 16 heavy (non-hydrogen) atoms. The summed E-state index contributed by atoms with van der Waals surface area (Å²) in [4.78, 5) is 3.95. The van der Waals surface area contributed by atoms with Crippen LogP contribution >= 0.6 is 11.6 Å². The van der Waals surface area contributed by atoms with Crippen LogP contribution < -0.4 is 10.5 Å². The van der Waals surface area contributed by atoms with Crippen LogP contribution in [0.25, 0.3) is 0 Å². The van der Waals surface area contributed by atoms with Gasteiger partial charge in [0.15, 0.2) is 5.95 Å². The van der Waals surface area contributed by atoms with Gasteiger partial charge in [-0.3, -0.25) is 0 Å². The highest BCUT2D eigenvalue weighted by Crippen LogP contribution is 2.25. The molecule has 0 saturated heterocycles. The molecule has 0 amide bonds. The molecule has 0 aliphatic heterocycles. The lowest BCUT2D eigenvalue weighted by molar-refractivity contribution is 0.415.